The molecule has 1 nitrogen and oxygen atoms in total. The normalized spacial score (nSPS) is 13.2. The smallest absolute Gasteiger partial charge is 0.285 e. The van der Waals surface area contributed by atoms with Gasteiger partial charge in [-0.25, -0.2) is 0 Å². The number of hydrogen-bond acceptors (Lipinski definition) is 1. The molecule has 3 heteroatoms. The number of rotatable bonds is 5. The molecule has 1 N–H and O–H groups in total. The van der Waals surface area contributed by atoms with Gasteiger partial charge in [-0.15, -0.1) is 0 Å². The molecule has 2 aromatic rings. The van der Waals surface area contributed by atoms with Gasteiger partial charge in [0.1, 0.15) is 0 Å². The summed E-state index contributed by atoms with van der Waals surface area (Å²) in [6, 6.07) is 15.7. The molecule has 0 saturated heterocycles. The lowest BCUT2D eigenvalue weighted by molar-refractivity contribution is -0.00534. The summed E-state index contributed by atoms with van der Waals surface area (Å²) in [6.45, 7) is 3.53. The fourth-order valence-electron chi connectivity index (χ4n) is 2.04. The lowest BCUT2D eigenvalue weighted by Crippen LogP contribution is -2.32. The van der Waals surface area contributed by atoms with Crippen LogP contribution in [0.1, 0.15) is 29.7 Å². The highest BCUT2D eigenvalue weighted by atomic mass is 19.3. The molecule has 1 atom stereocenters. The summed E-state index contributed by atoms with van der Waals surface area (Å²) in [5.74, 6) is -2.86. The molecule has 0 saturated carbocycles. The molecule has 0 radical (unpaired) electrons. The average molecular weight is 275 g/mol. The molecule has 0 aliphatic carbocycles. The van der Waals surface area contributed by atoms with Crippen LogP contribution in [-0.2, 0) is 5.92 Å². The Kier molecular flexibility index (Phi) is 4.50. The van der Waals surface area contributed by atoms with Gasteiger partial charge in [0.15, 0.2) is 0 Å². The van der Waals surface area contributed by atoms with Crippen LogP contribution in [-0.4, -0.2) is 6.54 Å². The van der Waals surface area contributed by atoms with Gasteiger partial charge in [-0.2, -0.15) is 8.78 Å². The molecule has 0 fully saturated rings. The van der Waals surface area contributed by atoms with Crippen LogP contribution in [0, 0.1) is 6.92 Å². The van der Waals surface area contributed by atoms with Crippen molar-refractivity contribution in [3.63, 3.8) is 0 Å². The lowest BCUT2D eigenvalue weighted by atomic mass is 10.1. The van der Waals surface area contributed by atoms with Crippen molar-refractivity contribution in [1.29, 1.82) is 0 Å². The van der Waals surface area contributed by atoms with E-state index in [4.69, 9.17) is 0 Å². The third-order valence-electron chi connectivity index (χ3n) is 3.40. The summed E-state index contributed by atoms with van der Waals surface area (Å²) >= 11 is 0. The van der Waals surface area contributed by atoms with E-state index in [1.54, 1.807) is 18.2 Å². The Bertz CT molecular complexity index is 535. The van der Waals surface area contributed by atoms with Gasteiger partial charge in [0, 0.05) is 11.6 Å². The zero-order chi connectivity index (χ0) is 14.6. The van der Waals surface area contributed by atoms with E-state index >= 15 is 0 Å². The third kappa shape index (κ3) is 3.64. The van der Waals surface area contributed by atoms with Gasteiger partial charge in [-0.1, -0.05) is 60.2 Å². The first-order chi connectivity index (χ1) is 9.49. The number of halogens is 2. The molecule has 0 heterocycles. The van der Waals surface area contributed by atoms with E-state index in [9.17, 15) is 8.78 Å². The number of hydrogen-bond donors (Lipinski definition) is 1. The summed E-state index contributed by atoms with van der Waals surface area (Å²) in [5.41, 5.74) is 2.22. The van der Waals surface area contributed by atoms with Crippen molar-refractivity contribution in [1.82, 2.24) is 5.32 Å². The molecular formula is C17H19F2N. The largest absolute Gasteiger partial charge is 0.304 e. The topological polar surface area (TPSA) is 12.0 Å². The molecule has 2 aromatic carbocycles. The van der Waals surface area contributed by atoms with Gasteiger partial charge >= 0.3 is 0 Å². The highest BCUT2D eigenvalue weighted by Crippen LogP contribution is 2.27. The Morgan fingerprint density at radius 3 is 2.20 bits per heavy atom. The van der Waals surface area contributed by atoms with E-state index in [1.807, 2.05) is 38.1 Å². The SMILES string of the molecule is Cc1ccc(C(C)NCC(F)(F)c2ccccc2)cc1. The van der Waals surface area contributed by atoms with Crippen LogP contribution >= 0.6 is 0 Å². The average Bonchev–Trinajstić information content (AvgIpc) is 2.46. The Balaban J connectivity index is 1.99. The van der Waals surface area contributed by atoms with Crippen LogP contribution in [0.25, 0.3) is 0 Å². The second kappa shape index (κ2) is 6.14. The third-order valence-corrected chi connectivity index (χ3v) is 3.40. The van der Waals surface area contributed by atoms with Crippen LogP contribution in [0.15, 0.2) is 54.6 Å². The van der Waals surface area contributed by atoms with Crippen molar-refractivity contribution in [3.05, 3.63) is 71.3 Å². The minimum Gasteiger partial charge on any atom is -0.304 e. The van der Waals surface area contributed by atoms with Gasteiger partial charge in [-0.05, 0) is 19.4 Å². The molecule has 20 heavy (non-hydrogen) atoms. The molecule has 0 amide bonds. The van der Waals surface area contributed by atoms with E-state index in [2.05, 4.69) is 5.32 Å². The van der Waals surface area contributed by atoms with Gasteiger partial charge in [0.25, 0.3) is 5.92 Å². The summed E-state index contributed by atoms with van der Waals surface area (Å²) in [7, 11) is 0. The van der Waals surface area contributed by atoms with Crippen LogP contribution in [0.2, 0.25) is 0 Å². The van der Waals surface area contributed by atoms with Crippen LogP contribution < -0.4 is 5.32 Å². The first-order valence-corrected chi connectivity index (χ1v) is 6.72. The summed E-state index contributed by atoms with van der Waals surface area (Å²) < 4.78 is 28.1. The van der Waals surface area contributed by atoms with Crippen molar-refractivity contribution in [2.24, 2.45) is 0 Å². The maximum absolute atomic E-state index is 14.0. The second-order valence-corrected chi connectivity index (χ2v) is 5.08. The van der Waals surface area contributed by atoms with Gasteiger partial charge in [0.2, 0.25) is 0 Å². The molecule has 0 aliphatic heterocycles. The molecule has 0 aliphatic rings. The minimum absolute atomic E-state index is 0.0450. The van der Waals surface area contributed by atoms with Crippen LogP contribution in [0.4, 0.5) is 8.78 Å². The monoisotopic (exact) mass is 275 g/mol. The highest BCUT2D eigenvalue weighted by molar-refractivity contribution is 5.24. The van der Waals surface area contributed by atoms with E-state index < -0.39 is 5.92 Å². The number of aryl methyl sites for hydroxylation is 1. The predicted molar refractivity (Wildman–Crippen MR) is 77.9 cm³/mol. The quantitative estimate of drug-likeness (QED) is 0.850. The fourth-order valence-corrected chi connectivity index (χ4v) is 2.04. The number of benzene rings is 2. The van der Waals surface area contributed by atoms with E-state index in [-0.39, 0.29) is 18.2 Å². The predicted octanol–water partition coefficient (Wildman–Crippen LogP) is 4.44. The molecular weight excluding hydrogens is 256 g/mol. The van der Waals surface area contributed by atoms with Crippen molar-refractivity contribution in [2.75, 3.05) is 6.54 Å². The molecule has 0 bridgehead atoms. The number of nitrogens with one attached hydrogen (secondary N) is 1. The fraction of sp³-hybridized carbons (Fsp3) is 0.294. The van der Waals surface area contributed by atoms with Gasteiger partial charge in [0.05, 0.1) is 6.54 Å². The first-order valence-electron chi connectivity index (χ1n) is 6.72. The summed E-state index contributed by atoms with van der Waals surface area (Å²) in [5, 5.41) is 2.91. The van der Waals surface area contributed by atoms with E-state index in [0.29, 0.717) is 0 Å². The standard InChI is InChI=1S/C17H19F2N/c1-13-8-10-15(11-9-13)14(2)20-12-17(18,19)16-6-4-3-5-7-16/h3-11,14,20H,12H2,1-2H3. The van der Waals surface area contributed by atoms with Gasteiger partial charge < -0.3 is 5.32 Å². The van der Waals surface area contributed by atoms with Crippen molar-refractivity contribution < 1.29 is 8.78 Å². The van der Waals surface area contributed by atoms with Crippen LogP contribution in [0.5, 0.6) is 0 Å². The Morgan fingerprint density at radius 2 is 1.60 bits per heavy atom. The zero-order valence-electron chi connectivity index (χ0n) is 11.7. The highest BCUT2D eigenvalue weighted by Gasteiger charge is 2.31. The zero-order valence-corrected chi connectivity index (χ0v) is 11.7. The maximum atomic E-state index is 14.0. The lowest BCUT2D eigenvalue weighted by Gasteiger charge is -2.21. The maximum Gasteiger partial charge on any atom is 0.285 e. The summed E-state index contributed by atoms with van der Waals surface area (Å²) in [6.07, 6.45) is 0. The molecule has 2 rings (SSSR count). The van der Waals surface area contributed by atoms with Crippen LogP contribution in [0.3, 0.4) is 0 Å². The minimum atomic E-state index is -2.86. The van der Waals surface area contributed by atoms with E-state index in [1.165, 1.54) is 12.1 Å². The Morgan fingerprint density at radius 1 is 1.00 bits per heavy atom. The summed E-state index contributed by atoms with van der Waals surface area (Å²) in [4.78, 5) is 0. The number of alkyl halides is 2. The Labute approximate surface area is 118 Å². The second-order valence-electron chi connectivity index (χ2n) is 5.08. The van der Waals surface area contributed by atoms with Crippen molar-refractivity contribution >= 4 is 0 Å². The molecule has 0 aromatic heterocycles. The first kappa shape index (κ1) is 14.7. The van der Waals surface area contributed by atoms with Crippen molar-refractivity contribution in [2.45, 2.75) is 25.8 Å². The van der Waals surface area contributed by atoms with Gasteiger partial charge in [-0.3, -0.25) is 0 Å². The van der Waals surface area contributed by atoms with E-state index in [0.717, 1.165) is 11.1 Å². The van der Waals surface area contributed by atoms with Crippen molar-refractivity contribution in [3.8, 4) is 0 Å². The molecule has 1 unspecified atom stereocenters. The Hall–Kier alpha value is -1.74. The molecule has 106 valence electrons. The molecule has 0 spiro atoms.